The Balaban J connectivity index is 1.84. The maximum atomic E-state index is 12.5. The molecule has 0 aliphatic carbocycles. The predicted octanol–water partition coefficient (Wildman–Crippen LogP) is 7.20. The summed E-state index contributed by atoms with van der Waals surface area (Å²) in [4.78, 5) is 4.28. The molecule has 6 bridgehead atoms. The lowest BCUT2D eigenvalue weighted by Crippen LogP contribution is -2.31. The van der Waals surface area contributed by atoms with Crippen LogP contribution in [0.25, 0.3) is 11.6 Å². The van der Waals surface area contributed by atoms with Crippen LogP contribution >= 0.6 is 15.9 Å². The summed E-state index contributed by atoms with van der Waals surface area (Å²) >= 11 is 3.64. The van der Waals surface area contributed by atoms with Crippen molar-refractivity contribution in [2.45, 2.75) is 19.1 Å². The monoisotopic (exact) mass is 509 g/mol. The number of aliphatic imine (C=N–C) groups is 1. The Morgan fingerprint density at radius 1 is 1.06 bits per heavy atom. The lowest BCUT2D eigenvalue weighted by molar-refractivity contribution is 0.124. The van der Waals surface area contributed by atoms with Crippen LogP contribution in [0.15, 0.2) is 107 Å². The fraction of sp³-hybridized carbons (Fsp3) is 0.100. The second-order valence-electron chi connectivity index (χ2n) is 8.46. The minimum atomic E-state index is -1.46. The SMILES string of the molecule is C=C1C=NC=C1C1(O)c2ccc(Br)c(c2)COc2cccc(c2)C(=C)c2cc1ccc2/C=C\C. The molecule has 34 heavy (non-hydrogen) atoms. The normalized spacial score (nSPS) is 19.3. The summed E-state index contributed by atoms with van der Waals surface area (Å²) in [5.41, 5.74) is 6.00. The smallest absolute Gasteiger partial charge is 0.142 e. The molecule has 0 radical (unpaired) electrons. The van der Waals surface area contributed by atoms with E-state index in [0.717, 1.165) is 43.6 Å². The van der Waals surface area contributed by atoms with E-state index in [9.17, 15) is 5.11 Å². The average molecular weight is 510 g/mol. The van der Waals surface area contributed by atoms with Gasteiger partial charge in [0.15, 0.2) is 0 Å². The number of fused-ring (bicyclic) bond motifs is 6. The second-order valence-corrected chi connectivity index (χ2v) is 9.31. The van der Waals surface area contributed by atoms with Crippen LogP contribution in [0, 0.1) is 0 Å². The summed E-state index contributed by atoms with van der Waals surface area (Å²) in [6, 6.07) is 19.8. The Labute approximate surface area is 208 Å². The molecule has 5 rings (SSSR count). The molecule has 2 aliphatic heterocycles. The van der Waals surface area contributed by atoms with Crippen LogP contribution in [0.4, 0.5) is 0 Å². The molecule has 0 aromatic heterocycles. The van der Waals surface area contributed by atoms with Gasteiger partial charge in [0.2, 0.25) is 0 Å². The number of aliphatic hydroxyl groups is 1. The van der Waals surface area contributed by atoms with Crippen molar-refractivity contribution < 1.29 is 9.84 Å². The highest BCUT2D eigenvalue weighted by molar-refractivity contribution is 9.10. The molecule has 0 saturated heterocycles. The van der Waals surface area contributed by atoms with Crippen LogP contribution in [-0.2, 0) is 12.2 Å². The summed E-state index contributed by atoms with van der Waals surface area (Å²) in [5.74, 6) is 0.759. The van der Waals surface area contributed by atoms with Gasteiger partial charge in [-0.2, -0.15) is 0 Å². The van der Waals surface area contributed by atoms with E-state index in [1.807, 2.05) is 73.7 Å². The van der Waals surface area contributed by atoms with Crippen molar-refractivity contribution in [2.75, 3.05) is 0 Å². The first-order valence-corrected chi connectivity index (χ1v) is 11.8. The molecular weight excluding hydrogens is 486 g/mol. The Morgan fingerprint density at radius 2 is 1.85 bits per heavy atom. The Kier molecular flexibility index (Phi) is 5.72. The van der Waals surface area contributed by atoms with Crippen LogP contribution < -0.4 is 4.74 Å². The van der Waals surface area contributed by atoms with Crippen molar-refractivity contribution in [3.63, 3.8) is 0 Å². The molecule has 3 aromatic rings. The van der Waals surface area contributed by atoms with Gasteiger partial charge in [0.1, 0.15) is 18.0 Å². The third kappa shape index (κ3) is 3.69. The molecule has 1 atom stereocenters. The van der Waals surface area contributed by atoms with Gasteiger partial charge in [0.05, 0.1) is 0 Å². The van der Waals surface area contributed by atoms with Gasteiger partial charge in [-0.15, -0.1) is 0 Å². The molecule has 2 heterocycles. The zero-order valence-corrected chi connectivity index (χ0v) is 20.5. The minimum Gasteiger partial charge on any atom is -0.489 e. The van der Waals surface area contributed by atoms with Crippen molar-refractivity contribution in [3.8, 4) is 5.75 Å². The summed E-state index contributed by atoms with van der Waals surface area (Å²) < 4.78 is 7.07. The van der Waals surface area contributed by atoms with Crippen LogP contribution in [0.1, 0.15) is 40.3 Å². The fourth-order valence-corrected chi connectivity index (χ4v) is 4.89. The largest absolute Gasteiger partial charge is 0.489 e. The number of rotatable bonds is 2. The summed E-state index contributed by atoms with van der Waals surface area (Å²) in [6.07, 6.45) is 7.42. The Morgan fingerprint density at radius 3 is 2.62 bits per heavy atom. The van der Waals surface area contributed by atoms with Gasteiger partial charge in [0.25, 0.3) is 0 Å². The predicted molar refractivity (Wildman–Crippen MR) is 143 cm³/mol. The first-order chi connectivity index (χ1) is 16.4. The molecule has 2 aliphatic rings. The van der Waals surface area contributed by atoms with E-state index in [0.29, 0.717) is 23.3 Å². The molecule has 3 aromatic carbocycles. The summed E-state index contributed by atoms with van der Waals surface area (Å²) in [7, 11) is 0. The molecular formula is C30H24BrNO2. The molecule has 168 valence electrons. The molecule has 0 saturated carbocycles. The minimum absolute atomic E-state index is 0.346. The Hall–Kier alpha value is -3.47. The van der Waals surface area contributed by atoms with E-state index in [1.165, 1.54) is 0 Å². The number of ether oxygens (including phenoxy) is 1. The number of halogens is 1. The second kappa shape index (κ2) is 8.71. The van der Waals surface area contributed by atoms with Crippen molar-refractivity contribution in [3.05, 3.63) is 135 Å². The van der Waals surface area contributed by atoms with Crippen LogP contribution in [0.3, 0.4) is 0 Å². The van der Waals surface area contributed by atoms with E-state index in [1.54, 1.807) is 12.4 Å². The third-order valence-electron chi connectivity index (χ3n) is 6.35. The molecule has 3 nitrogen and oxygen atoms in total. The lowest BCUT2D eigenvalue weighted by atomic mass is 9.76. The van der Waals surface area contributed by atoms with Gasteiger partial charge in [-0.1, -0.05) is 71.6 Å². The first-order valence-electron chi connectivity index (χ1n) is 11.1. The number of allylic oxidation sites excluding steroid dienone is 1. The summed E-state index contributed by atoms with van der Waals surface area (Å²) in [5, 5.41) is 12.5. The van der Waals surface area contributed by atoms with Gasteiger partial charge >= 0.3 is 0 Å². The van der Waals surface area contributed by atoms with Crippen molar-refractivity contribution in [1.29, 1.82) is 0 Å². The molecule has 4 heteroatoms. The number of hydrogen-bond donors (Lipinski definition) is 1. The highest BCUT2D eigenvalue weighted by Gasteiger charge is 2.39. The average Bonchev–Trinajstić information content (AvgIpc) is 3.29. The molecule has 1 N–H and O–H groups in total. The highest BCUT2D eigenvalue weighted by atomic mass is 79.9. The standard InChI is InChI=1S/C30H24BrNO2/c1-4-6-21-9-10-25-15-27(21)20(3)22-7-5-8-26(14-22)34-18-23-13-24(11-12-29(23)31)30(25,33)28-17-32-16-19(28)2/h4-17,33H,2-3,18H2,1H3/b6-4-. The fourth-order valence-electron chi connectivity index (χ4n) is 4.53. The topological polar surface area (TPSA) is 41.8 Å². The highest BCUT2D eigenvalue weighted by Crippen LogP contribution is 2.44. The zero-order valence-electron chi connectivity index (χ0n) is 18.9. The van der Waals surface area contributed by atoms with Gasteiger partial charge in [-0.3, -0.25) is 4.99 Å². The first kappa shape index (κ1) is 22.3. The summed E-state index contributed by atoms with van der Waals surface area (Å²) in [6.45, 7) is 10.9. The van der Waals surface area contributed by atoms with Crippen LogP contribution in [0.2, 0.25) is 0 Å². The molecule has 1 unspecified atom stereocenters. The van der Waals surface area contributed by atoms with E-state index >= 15 is 0 Å². The maximum Gasteiger partial charge on any atom is 0.142 e. The molecule has 0 amide bonds. The number of hydrogen-bond acceptors (Lipinski definition) is 3. The van der Waals surface area contributed by atoms with E-state index in [2.05, 4.69) is 40.2 Å². The molecule has 0 spiro atoms. The van der Waals surface area contributed by atoms with Gasteiger partial charge < -0.3 is 9.84 Å². The number of benzene rings is 3. The van der Waals surface area contributed by atoms with Crippen LogP contribution in [-0.4, -0.2) is 11.3 Å². The van der Waals surface area contributed by atoms with Crippen molar-refractivity contribution in [1.82, 2.24) is 0 Å². The molecule has 0 fully saturated rings. The lowest BCUT2D eigenvalue weighted by Gasteiger charge is -2.32. The van der Waals surface area contributed by atoms with Gasteiger partial charge in [0, 0.05) is 28.0 Å². The maximum absolute atomic E-state index is 12.5. The van der Waals surface area contributed by atoms with Crippen LogP contribution in [0.5, 0.6) is 5.75 Å². The van der Waals surface area contributed by atoms with Gasteiger partial charge in [-0.25, -0.2) is 0 Å². The van der Waals surface area contributed by atoms with E-state index in [-0.39, 0.29) is 0 Å². The zero-order chi connectivity index (χ0) is 23.9. The third-order valence-corrected chi connectivity index (χ3v) is 7.13. The van der Waals surface area contributed by atoms with E-state index in [4.69, 9.17) is 4.74 Å². The van der Waals surface area contributed by atoms with Gasteiger partial charge in [-0.05, 0) is 76.2 Å². The Bertz CT molecular complexity index is 1430. The van der Waals surface area contributed by atoms with Crippen molar-refractivity contribution in [2.24, 2.45) is 4.99 Å². The van der Waals surface area contributed by atoms with E-state index < -0.39 is 5.60 Å². The van der Waals surface area contributed by atoms with Crippen molar-refractivity contribution >= 4 is 33.8 Å². The quantitative estimate of drug-likeness (QED) is 0.396. The number of nitrogens with zero attached hydrogens (tertiary/aromatic N) is 1.